The van der Waals surface area contributed by atoms with Crippen molar-refractivity contribution in [2.45, 2.75) is 76.8 Å². The number of hydrogen-bond donors (Lipinski definition) is 0. The van der Waals surface area contributed by atoms with E-state index in [0.717, 1.165) is 38.5 Å². The van der Waals surface area contributed by atoms with Gasteiger partial charge in [0.15, 0.2) is 11.6 Å². The number of Topliss-reactive ketones (excluding diaryl/α,β-unsaturated/α-hetero) is 2. The molecule has 4 atom stereocenters. The molecule has 0 radical (unpaired) electrons. The minimum Gasteiger partial charge on any atom is -0.461 e. The quantitative estimate of drug-likeness (QED) is 0.736. The van der Waals surface area contributed by atoms with Crippen LogP contribution in [0.15, 0.2) is 24.3 Å². The Morgan fingerprint density at radius 3 is 1.43 bits per heavy atom. The van der Waals surface area contributed by atoms with Gasteiger partial charge in [0, 0.05) is 12.8 Å². The Labute approximate surface area is 177 Å². The molecule has 5 rings (SSSR count). The van der Waals surface area contributed by atoms with Crippen LogP contribution in [0.25, 0.3) is 0 Å². The van der Waals surface area contributed by atoms with Gasteiger partial charge in [0.2, 0.25) is 11.6 Å². The Morgan fingerprint density at radius 1 is 0.667 bits per heavy atom. The normalized spacial score (nSPS) is 40.7. The number of carbonyl (C=O) groups excluding carboxylic acids is 2. The van der Waals surface area contributed by atoms with E-state index in [1.54, 1.807) is 0 Å². The monoisotopic (exact) mass is 414 g/mol. The molecule has 1 aromatic rings. The topological polar surface area (TPSA) is 71.1 Å². The minimum absolute atomic E-state index is 0.115. The third-order valence-corrected chi connectivity index (χ3v) is 8.04. The summed E-state index contributed by atoms with van der Waals surface area (Å²) in [7, 11) is 0. The lowest BCUT2D eigenvalue weighted by Gasteiger charge is -2.44. The van der Waals surface area contributed by atoms with Gasteiger partial charge in [-0.3, -0.25) is 9.59 Å². The number of rotatable bonds is 4. The fraction of sp³-hybridized carbons (Fsp3) is 0.667. The summed E-state index contributed by atoms with van der Waals surface area (Å²) >= 11 is 0. The second kappa shape index (κ2) is 6.79. The van der Waals surface area contributed by atoms with Gasteiger partial charge in [-0.25, -0.2) is 0 Å². The summed E-state index contributed by atoms with van der Waals surface area (Å²) in [6.45, 7) is 4.17. The van der Waals surface area contributed by atoms with E-state index in [4.69, 9.17) is 18.9 Å². The Bertz CT molecular complexity index is 794. The number of benzene rings is 1. The van der Waals surface area contributed by atoms with Crippen LogP contribution in [0.1, 0.15) is 65.2 Å². The summed E-state index contributed by atoms with van der Waals surface area (Å²) in [5.74, 6) is -0.213. The average molecular weight is 414 g/mol. The number of fused-ring (bicyclic) bond motifs is 2. The molecule has 2 saturated carbocycles. The van der Waals surface area contributed by atoms with Crippen molar-refractivity contribution in [3.8, 4) is 11.5 Å². The second-order valence-corrected chi connectivity index (χ2v) is 9.68. The lowest BCUT2D eigenvalue weighted by molar-refractivity contribution is -0.220. The van der Waals surface area contributed by atoms with E-state index in [2.05, 4.69) is 0 Å². The lowest BCUT2D eigenvalue weighted by Crippen LogP contribution is -2.53. The number of carbonyl (C=O) groups is 2. The fourth-order valence-electron chi connectivity index (χ4n) is 5.80. The molecule has 6 nitrogen and oxygen atoms in total. The molecule has 6 heteroatoms. The molecular formula is C24H30O6. The van der Waals surface area contributed by atoms with Gasteiger partial charge in [0.25, 0.3) is 0 Å². The third-order valence-electron chi connectivity index (χ3n) is 8.04. The van der Waals surface area contributed by atoms with Crippen LogP contribution in [0, 0.1) is 10.8 Å². The van der Waals surface area contributed by atoms with Crippen molar-refractivity contribution < 1.29 is 28.5 Å². The second-order valence-electron chi connectivity index (χ2n) is 9.68. The van der Waals surface area contributed by atoms with Crippen LogP contribution >= 0.6 is 0 Å². The molecule has 0 amide bonds. The first-order chi connectivity index (χ1) is 14.3. The van der Waals surface area contributed by atoms with E-state index >= 15 is 0 Å². The molecule has 2 heterocycles. The Balaban J connectivity index is 1.35. The highest BCUT2D eigenvalue weighted by Gasteiger charge is 2.63. The molecule has 4 aliphatic rings. The summed E-state index contributed by atoms with van der Waals surface area (Å²) in [4.78, 5) is 25.0. The maximum Gasteiger partial charge on any atom is 0.223 e. The molecule has 0 bridgehead atoms. The van der Waals surface area contributed by atoms with E-state index < -0.39 is 22.4 Å². The number of ether oxygens (including phenoxy) is 4. The Hall–Kier alpha value is -1.92. The van der Waals surface area contributed by atoms with Crippen LogP contribution in [-0.4, -0.2) is 36.4 Å². The largest absolute Gasteiger partial charge is 0.461 e. The van der Waals surface area contributed by atoms with Crippen molar-refractivity contribution in [1.82, 2.24) is 0 Å². The molecule has 0 aromatic heterocycles. The highest BCUT2D eigenvalue weighted by molar-refractivity contribution is 5.89. The fourth-order valence-corrected chi connectivity index (χ4v) is 5.80. The van der Waals surface area contributed by atoms with E-state index in [-0.39, 0.29) is 24.8 Å². The highest BCUT2D eigenvalue weighted by Crippen LogP contribution is 2.53. The van der Waals surface area contributed by atoms with Gasteiger partial charge in [-0.1, -0.05) is 12.8 Å². The van der Waals surface area contributed by atoms with Crippen molar-refractivity contribution in [3.05, 3.63) is 24.3 Å². The average Bonchev–Trinajstić information content (AvgIpc) is 3.15. The lowest BCUT2D eigenvalue weighted by atomic mass is 9.69. The summed E-state index contributed by atoms with van der Waals surface area (Å²) in [5.41, 5.74) is -1.19. The van der Waals surface area contributed by atoms with Crippen LogP contribution in [0.5, 0.6) is 11.5 Å². The van der Waals surface area contributed by atoms with E-state index in [1.165, 1.54) is 0 Å². The van der Waals surface area contributed by atoms with E-state index in [0.29, 0.717) is 24.3 Å². The van der Waals surface area contributed by atoms with Gasteiger partial charge in [0.1, 0.15) is 24.7 Å². The molecule has 0 spiro atoms. The standard InChI is InChI=1S/C24H30O6/c1-21-11-3-5-13-23(21,27-15-19(21)25)29-17-7-9-18(10-8-17)30-24-14-6-4-12-22(24,2)20(26)16-28-24/h7-10H,3-6,11-16H2,1-2H3/t21-,22-,23+,24+/m0/s1. The van der Waals surface area contributed by atoms with E-state index in [9.17, 15) is 9.59 Å². The van der Waals surface area contributed by atoms with Crippen LogP contribution in [0.4, 0.5) is 0 Å². The molecule has 162 valence electrons. The minimum atomic E-state index is -0.883. The predicted octanol–water partition coefficient (Wildman–Crippen LogP) is 4.20. The zero-order valence-corrected chi connectivity index (χ0v) is 17.8. The van der Waals surface area contributed by atoms with Crippen molar-refractivity contribution >= 4 is 11.6 Å². The Morgan fingerprint density at radius 2 is 1.03 bits per heavy atom. The van der Waals surface area contributed by atoms with Crippen LogP contribution < -0.4 is 9.47 Å². The van der Waals surface area contributed by atoms with Crippen molar-refractivity contribution in [3.63, 3.8) is 0 Å². The van der Waals surface area contributed by atoms with Gasteiger partial charge >= 0.3 is 0 Å². The molecule has 2 aliphatic carbocycles. The van der Waals surface area contributed by atoms with Gasteiger partial charge in [-0.2, -0.15) is 0 Å². The van der Waals surface area contributed by atoms with Crippen molar-refractivity contribution in [2.24, 2.45) is 10.8 Å². The smallest absolute Gasteiger partial charge is 0.223 e. The zero-order chi connectivity index (χ0) is 21.0. The zero-order valence-electron chi connectivity index (χ0n) is 17.8. The summed E-state index contributed by atoms with van der Waals surface area (Å²) in [6.07, 6.45) is 7.01. The highest BCUT2D eigenvalue weighted by atomic mass is 16.7. The van der Waals surface area contributed by atoms with Gasteiger partial charge < -0.3 is 18.9 Å². The molecule has 0 unspecified atom stereocenters. The Kier molecular flexibility index (Phi) is 4.53. The molecule has 2 aliphatic heterocycles. The summed E-state index contributed by atoms with van der Waals surface area (Å²) in [6, 6.07) is 7.38. The van der Waals surface area contributed by atoms with Crippen molar-refractivity contribution in [1.29, 1.82) is 0 Å². The van der Waals surface area contributed by atoms with Gasteiger partial charge in [-0.15, -0.1) is 0 Å². The van der Waals surface area contributed by atoms with Gasteiger partial charge in [-0.05, 0) is 63.8 Å². The SMILES string of the molecule is C[C@@]12CCCC[C@]1(Oc1ccc(O[C@]34CCCC[C@@]3(C)C(=O)CO4)cc1)OCC2=O. The molecular weight excluding hydrogens is 384 g/mol. The summed E-state index contributed by atoms with van der Waals surface area (Å²) < 4.78 is 24.5. The number of hydrogen-bond acceptors (Lipinski definition) is 6. The van der Waals surface area contributed by atoms with Crippen LogP contribution in [-0.2, 0) is 19.1 Å². The molecule has 2 saturated heterocycles. The van der Waals surface area contributed by atoms with Crippen LogP contribution in [0.3, 0.4) is 0 Å². The first kappa shape index (κ1) is 20.0. The molecule has 30 heavy (non-hydrogen) atoms. The predicted molar refractivity (Wildman–Crippen MR) is 108 cm³/mol. The number of ketones is 2. The first-order valence-corrected chi connectivity index (χ1v) is 11.2. The van der Waals surface area contributed by atoms with E-state index in [1.807, 2.05) is 38.1 Å². The van der Waals surface area contributed by atoms with Gasteiger partial charge in [0.05, 0.1) is 10.8 Å². The third kappa shape index (κ3) is 2.69. The maximum atomic E-state index is 12.5. The first-order valence-electron chi connectivity index (χ1n) is 11.2. The maximum absolute atomic E-state index is 12.5. The molecule has 0 N–H and O–H groups in total. The summed E-state index contributed by atoms with van der Waals surface area (Å²) in [5, 5.41) is 0. The molecule has 1 aromatic carbocycles. The van der Waals surface area contributed by atoms with Crippen molar-refractivity contribution in [2.75, 3.05) is 13.2 Å². The molecule has 4 fully saturated rings. The van der Waals surface area contributed by atoms with Crippen LogP contribution in [0.2, 0.25) is 0 Å².